The van der Waals surface area contributed by atoms with Crippen LogP contribution < -0.4 is 0 Å². The summed E-state index contributed by atoms with van der Waals surface area (Å²) in [5, 5.41) is 0. The number of hydrogen-bond acceptors (Lipinski definition) is 0. The van der Waals surface area contributed by atoms with Crippen LogP contribution in [0.3, 0.4) is 0 Å². The molecule has 3 heteroatoms. The van der Waals surface area contributed by atoms with Crippen LogP contribution in [0.5, 0.6) is 0 Å². The molecule has 0 spiro atoms. The van der Waals surface area contributed by atoms with E-state index in [4.69, 9.17) is 0 Å². The zero-order valence-corrected chi connectivity index (χ0v) is 18.7. The van der Waals surface area contributed by atoms with Crippen molar-refractivity contribution in [2.45, 2.75) is 64.0 Å². The third-order valence-corrected chi connectivity index (χ3v) is 13.7. The van der Waals surface area contributed by atoms with Crippen molar-refractivity contribution >= 4 is 25.7 Å². The molecule has 0 fully saturated rings. The SMILES string of the molecule is C=CC[Si](C)(C)Cc1ccc(C)cc1.C[SiH](C)C[SiH](C)C. The summed E-state index contributed by atoms with van der Waals surface area (Å²) in [5.74, 6) is 0. The van der Waals surface area contributed by atoms with Gasteiger partial charge >= 0.3 is 0 Å². The van der Waals surface area contributed by atoms with E-state index in [-0.39, 0.29) is 17.6 Å². The first-order valence-electron chi connectivity index (χ1n) is 8.32. The summed E-state index contributed by atoms with van der Waals surface area (Å²) in [4.78, 5) is 0. The molecule has 120 valence electrons. The smallest absolute Gasteiger partial charge is 0.0554 e. The van der Waals surface area contributed by atoms with Crippen LogP contribution in [0.15, 0.2) is 36.9 Å². The highest BCUT2D eigenvalue weighted by Crippen LogP contribution is 2.17. The molecule has 0 amide bonds. The van der Waals surface area contributed by atoms with E-state index in [1.165, 1.54) is 23.2 Å². The second-order valence-corrected chi connectivity index (χ2v) is 20.4. The van der Waals surface area contributed by atoms with Gasteiger partial charge in [-0.1, -0.05) is 86.4 Å². The van der Waals surface area contributed by atoms with Gasteiger partial charge in [-0.05, 0) is 19.0 Å². The summed E-state index contributed by atoms with van der Waals surface area (Å²) in [5.41, 5.74) is 4.46. The highest BCUT2D eigenvalue weighted by molar-refractivity contribution is 6.77. The van der Waals surface area contributed by atoms with Crippen LogP contribution in [0.25, 0.3) is 0 Å². The fraction of sp³-hybridized carbons (Fsp3) is 0.556. The molecule has 0 N–H and O–H groups in total. The zero-order valence-electron chi connectivity index (χ0n) is 15.4. The average Bonchev–Trinajstić information content (AvgIpc) is 2.30. The van der Waals surface area contributed by atoms with Gasteiger partial charge in [-0.2, -0.15) is 0 Å². The van der Waals surface area contributed by atoms with Crippen LogP contribution in [-0.4, -0.2) is 25.7 Å². The Hall–Kier alpha value is -0.389. The third kappa shape index (κ3) is 11.9. The lowest BCUT2D eigenvalue weighted by atomic mass is 10.2. The number of benzene rings is 1. The normalized spacial score (nSPS) is 11.3. The molecule has 0 aromatic heterocycles. The minimum absolute atomic E-state index is 0.167. The topological polar surface area (TPSA) is 0 Å². The van der Waals surface area contributed by atoms with E-state index in [9.17, 15) is 0 Å². The Kier molecular flexibility index (Phi) is 10.2. The maximum Gasteiger partial charge on any atom is 0.0554 e. The molecule has 0 nitrogen and oxygen atoms in total. The Bertz CT molecular complexity index is 385. The molecule has 0 bridgehead atoms. The minimum Gasteiger partial charge on any atom is -0.103 e. The first kappa shape index (κ1) is 20.6. The molecule has 1 rings (SSSR count). The fourth-order valence-electron chi connectivity index (χ4n) is 2.66. The standard InChI is InChI=1S/C13H20Si.C5H16Si2/c1-5-10-14(3,4)11-13-8-6-12(2)7-9-13;1-6(2)5-7(3)4/h5-9H,1,10-11H2,2-4H3;6-7H,5H2,1-4H3. The van der Waals surface area contributed by atoms with E-state index in [0.29, 0.717) is 0 Å². The highest BCUT2D eigenvalue weighted by atomic mass is 28.3. The van der Waals surface area contributed by atoms with Gasteiger partial charge in [0.2, 0.25) is 0 Å². The predicted octanol–water partition coefficient (Wildman–Crippen LogP) is 5.47. The average molecular weight is 337 g/mol. The largest absolute Gasteiger partial charge is 0.103 e. The summed E-state index contributed by atoms with van der Waals surface area (Å²) < 4.78 is 0. The Balaban J connectivity index is 0.000000486. The van der Waals surface area contributed by atoms with Gasteiger partial charge in [0, 0.05) is 17.6 Å². The van der Waals surface area contributed by atoms with Crippen molar-refractivity contribution in [3.8, 4) is 0 Å². The lowest BCUT2D eigenvalue weighted by molar-refractivity contribution is 1.26. The van der Waals surface area contributed by atoms with Gasteiger partial charge in [0.25, 0.3) is 0 Å². The van der Waals surface area contributed by atoms with Gasteiger partial charge in [-0.25, -0.2) is 0 Å². The monoisotopic (exact) mass is 336 g/mol. The summed E-state index contributed by atoms with van der Waals surface area (Å²) >= 11 is 0. The van der Waals surface area contributed by atoms with E-state index in [1.54, 1.807) is 5.67 Å². The number of rotatable bonds is 6. The van der Waals surface area contributed by atoms with Crippen molar-refractivity contribution in [1.29, 1.82) is 0 Å². The molecular formula is C18H36Si3. The van der Waals surface area contributed by atoms with Crippen molar-refractivity contribution < 1.29 is 0 Å². The molecule has 1 aromatic carbocycles. The quantitative estimate of drug-likeness (QED) is 0.477. The van der Waals surface area contributed by atoms with Gasteiger partial charge in [0.15, 0.2) is 0 Å². The Morgan fingerprint density at radius 2 is 1.48 bits per heavy atom. The van der Waals surface area contributed by atoms with Crippen molar-refractivity contribution in [3.63, 3.8) is 0 Å². The van der Waals surface area contributed by atoms with Crippen LogP contribution in [0.4, 0.5) is 0 Å². The first-order valence-corrected chi connectivity index (χ1v) is 18.0. The summed E-state index contributed by atoms with van der Waals surface area (Å²) in [6.45, 7) is 20.6. The maximum atomic E-state index is 3.84. The Labute approximate surface area is 137 Å². The van der Waals surface area contributed by atoms with Crippen molar-refractivity contribution in [3.05, 3.63) is 48.0 Å². The molecule has 1 aromatic rings. The van der Waals surface area contributed by atoms with Gasteiger partial charge in [0.1, 0.15) is 0 Å². The summed E-state index contributed by atoms with van der Waals surface area (Å²) in [6.07, 6.45) is 2.07. The second-order valence-electron chi connectivity index (χ2n) is 7.84. The molecule has 0 unspecified atom stereocenters. The van der Waals surface area contributed by atoms with Crippen LogP contribution in [0.1, 0.15) is 11.1 Å². The van der Waals surface area contributed by atoms with Crippen LogP contribution in [0, 0.1) is 6.92 Å². The fourth-order valence-corrected chi connectivity index (χ4v) is 12.5. The van der Waals surface area contributed by atoms with Gasteiger partial charge in [-0.15, -0.1) is 6.58 Å². The number of aryl methyl sites for hydroxylation is 1. The Morgan fingerprint density at radius 3 is 1.81 bits per heavy atom. The third-order valence-electron chi connectivity index (χ3n) is 3.44. The van der Waals surface area contributed by atoms with E-state index in [0.717, 1.165) is 0 Å². The van der Waals surface area contributed by atoms with E-state index < -0.39 is 8.07 Å². The minimum atomic E-state index is -1.08. The lowest BCUT2D eigenvalue weighted by Gasteiger charge is -2.20. The van der Waals surface area contributed by atoms with E-state index >= 15 is 0 Å². The molecular weight excluding hydrogens is 300 g/mol. The zero-order chi connectivity index (χ0) is 16.5. The molecule has 0 radical (unpaired) electrons. The van der Waals surface area contributed by atoms with Crippen LogP contribution >= 0.6 is 0 Å². The van der Waals surface area contributed by atoms with Gasteiger partial charge < -0.3 is 0 Å². The van der Waals surface area contributed by atoms with Crippen molar-refractivity contribution in [1.82, 2.24) is 0 Å². The number of allylic oxidation sites excluding steroid dienone is 1. The lowest BCUT2D eigenvalue weighted by Crippen LogP contribution is -2.28. The molecule has 0 aliphatic carbocycles. The maximum absolute atomic E-state index is 3.84. The van der Waals surface area contributed by atoms with Crippen molar-refractivity contribution in [2.75, 3.05) is 0 Å². The molecule has 0 saturated carbocycles. The molecule has 0 aliphatic rings. The second kappa shape index (κ2) is 10.4. The molecule has 21 heavy (non-hydrogen) atoms. The molecule has 0 atom stereocenters. The number of hydrogen-bond donors (Lipinski definition) is 0. The molecule has 0 aliphatic heterocycles. The van der Waals surface area contributed by atoms with Crippen molar-refractivity contribution in [2.24, 2.45) is 0 Å². The van der Waals surface area contributed by atoms with Crippen LogP contribution in [0.2, 0.25) is 51.0 Å². The highest BCUT2D eigenvalue weighted by Gasteiger charge is 2.18. The Morgan fingerprint density at radius 1 is 1.00 bits per heavy atom. The predicted molar refractivity (Wildman–Crippen MR) is 110 cm³/mol. The molecule has 0 heterocycles. The molecule has 0 saturated heterocycles. The van der Waals surface area contributed by atoms with Gasteiger partial charge in [0.05, 0.1) is 8.07 Å². The van der Waals surface area contributed by atoms with E-state index in [1.807, 2.05) is 0 Å². The first-order chi connectivity index (χ1) is 9.66. The van der Waals surface area contributed by atoms with Crippen LogP contribution in [-0.2, 0) is 6.04 Å². The summed E-state index contributed by atoms with van der Waals surface area (Å²) in [7, 11) is -1.41. The van der Waals surface area contributed by atoms with Gasteiger partial charge in [-0.3, -0.25) is 0 Å². The summed E-state index contributed by atoms with van der Waals surface area (Å²) in [6, 6.07) is 11.4. The van der Waals surface area contributed by atoms with E-state index in [2.05, 4.69) is 83.1 Å².